The number of rotatable bonds is 5. The molecule has 2 rings (SSSR count). The fourth-order valence-electron chi connectivity index (χ4n) is 2.23. The van der Waals surface area contributed by atoms with Crippen molar-refractivity contribution in [2.24, 2.45) is 5.92 Å². The number of aliphatic hydroxyl groups excluding tert-OH is 1. The number of carbonyl (C=O) groups excluding carboxylic acids is 1. The van der Waals surface area contributed by atoms with Crippen LogP contribution < -0.4 is 10.6 Å². The van der Waals surface area contributed by atoms with Crippen LogP contribution in [-0.4, -0.2) is 24.2 Å². The minimum atomic E-state index is -4.46. The number of benzene rings is 1. The number of carbonyl (C=O) groups is 1. The van der Waals surface area contributed by atoms with Crippen LogP contribution in [0.2, 0.25) is 0 Å². The molecule has 1 atom stereocenters. The number of urea groups is 1. The summed E-state index contributed by atoms with van der Waals surface area (Å²) in [7, 11) is 0. The minimum absolute atomic E-state index is 0.120. The molecule has 4 nitrogen and oxygen atoms in total. The number of nitrogens with one attached hydrogen (secondary N) is 2. The Hall–Kier alpha value is -1.76. The van der Waals surface area contributed by atoms with Crippen LogP contribution in [0.25, 0.3) is 0 Å². The van der Waals surface area contributed by atoms with E-state index in [-0.39, 0.29) is 12.1 Å². The zero-order valence-electron chi connectivity index (χ0n) is 12.0. The number of amides is 2. The van der Waals surface area contributed by atoms with Crippen molar-refractivity contribution in [1.29, 1.82) is 0 Å². The van der Waals surface area contributed by atoms with Crippen LogP contribution in [0.5, 0.6) is 0 Å². The molecule has 0 aromatic heterocycles. The van der Waals surface area contributed by atoms with Crippen LogP contribution in [0.3, 0.4) is 0 Å². The summed E-state index contributed by atoms with van der Waals surface area (Å²) in [6.07, 6.45) is -2.25. The third kappa shape index (κ3) is 4.62. The van der Waals surface area contributed by atoms with Crippen LogP contribution >= 0.6 is 0 Å². The van der Waals surface area contributed by atoms with Gasteiger partial charge in [-0.2, -0.15) is 13.2 Å². The molecule has 0 saturated heterocycles. The topological polar surface area (TPSA) is 61.4 Å². The standard InChI is InChI=1S/C15H19F3N2O2/c16-15(17,18)12-6-2-5-11(7-12)13(21)9-20-14(22)19-8-10-3-1-4-10/h2,5-7,10,13,21H,1,3-4,8-9H2,(H2,19,20,22). The predicted octanol–water partition coefficient (Wildman–Crippen LogP) is 2.84. The van der Waals surface area contributed by atoms with Crippen LogP contribution in [0.1, 0.15) is 36.5 Å². The molecule has 1 unspecified atom stereocenters. The molecule has 1 saturated carbocycles. The van der Waals surface area contributed by atoms with Crippen molar-refractivity contribution in [2.45, 2.75) is 31.5 Å². The molecular formula is C15H19F3N2O2. The second-order valence-electron chi connectivity index (χ2n) is 5.53. The Kier molecular flexibility index (Phi) is 5.28. The normalized spacial score (nSPS) is 16.7. The van der Waals surface area contributed by atoms with E-state index >= 15 is 0 Å². The lowest BCUT2D eigenvalue weighted by atomic mass is 9.85. The average Bonchev–Trinajstić information content (AvgIpc) is 2.42. The van der Waals surface area contributed by atoms with E-state index < -0.39 is 23.9 Å². The van der Waals surface area contributed by atoms with Crippen molar-refractivity contribution in [2.75, 3.05) is 13.1 Å². The van der Waals surface area contributed by atoms with Crippen molar-refractivity contribution in [3.8, 4) is 0 Å². The van der Waals surface area contributed by atoms with Gasteiger partial charge in [0.15, 0.2) is 0 Å². The minimum Gasteiger partial charge on any atom is -0.387 e. The van der Waals surface area contributed by atoms with Gasteiger partial charge < -0.3 is 15.7 Å². The highest BCUT2D eigenvalue weighted by molar-refractivity contribution is 5.73. The molecule has 7 heteroatoms. The fourth-order valence-corrected chi connectivity index (χ4v) is 2.23. The molecule has 0 bridgehead atoms. The second kappa shape index (κ2) is 7.00. The van der Waals surface area contributed by atoms with E-state index in [9.17, 15) is 23.1 Å². The zero-order valence-corrected chi connectivity index (χ0v) is 12.0. The Bertz CT molecular complexity index is 516. The van der Waals surface area contributed by atoms with Gasteiger partial charge >= 0.3 is 12.2 Å². The fraction of sp³-hybridized carbons (Fsp3) is 0.533. The number of hydrogen-bond acceptors (Lipinski definition) is 2. The Morgan fingerprint density at radius 2 is 2.05 bits per heavy atom. The molecule has 122 valence electrons. The van der Waals surface area contributed by atoms with Gasteiger partial charge in [-0.3, -0.25) is 0 Å². The van der Waals surface area contributed by atoms with Crippen LogP contribution in [-0.2, 0) is 6.18 Å². The third-order valence-corrected chi connectivity index (χ3v) is 3.83. The SMILES string of the molecule is O=C(NCC1CCC1)NCC(O)c1cccc(C(F)(F)F)c1. The number of alkyl halides is 3. The predicted molar refractivity (Wildman–Crippen MR) is 75.1 cm³/mol. The van der Waals surface area contributed by atoms with Crippen molar-refractivity contribution in [3.63, 3.8) is 0 Å². The molecule has 0 radical (unpaired) electrons. The van der Waals surface area contributed by atoms with E-state index in [0.717, 1.165) is 25.0 Å². The maximum atomic E-state index is 12.6. The van der Waals surface area contributed by atoms with Crippen molar-refractivity contribution in [3.05, 3.63) is 35.4 Å². The second-order valence-corrected chi connectivity index (χ2v) is 5.53. The highest BCUT2D eigenvalue weighted by Gasteiger charge is 2.30. The number of halogens is 3. The zero-order chi connectivity index (χ0) is 16.2. The molecule has 1 fully saturated rings. The smallest absolute Gasteiger partial charge is 0.387 e. The molecule has 22 heavy (non-hydrogen) atoms. The first-order valence-electron chi connectivity index (χ1n) is 7.23. The Balaban J connectivity index is 1.81. The lowest BCUT2D eigenvalue weighted by Crippen LogP contribution is -2.41. The molecule has 3 N–H and O–H groups in total. The summed E-state index contributed by atoms with van der Waals surface area (Å²) in [6.45, 7) is 0.448. The quantitative estimate of drug-likeness (QED) is 0.782. The summed E-state index contributed by atoms with van der Waals surface area (Å²) < 4.78 is 37.8. The maximum absolute atomic E-state index is 12.6. The Morgan fingerprint density at radius 3 is 2.64 bits per heavy atom. The first-order valence-corrected chi connectivity index (χ1v) is 7.23. The molecule has 0 aliphatic heterocycles. The van der Waals surface area contributed by atoms with E-state index in [2.05, 4.69) is 10.6 Å². The molecule has 1 aromatic carbocycles. The molecule has 0 spiro atoms. The summed E-state index contributed by atoms with van der Waals surface area (Å²) in [5.41, 5.74) is -0.701. The summed E-state index contributed by atoms with van der Waals surface area (Å²) in [5, 5.41) is 15.0. The molecule has 1 aliphatic carbocycles. The van der Waals surface area contributed by atoms with Crippen LogP contribution in [0.15, 0.2) is 24.3 Å². The van der Waals surface area contributed by atoms with Crippen LogP contribution in [0.4, 0.5) is 18.0 Å². The lowest BCUT2D eigenvalue weighted by molar-refractivity contribution is -0.137. The van der Waals surface area contributed by atoms with Gasteiger partial charge in [-0.15, -0.1) is 0 Å². The van der Waals surface area contributed by atoms with Gasteiger partial charge in [0.05, 0.1) is 11.7 Å². The van der Waals surface area contributed by atoms with Gasteiger partial charge in [-0.05, 0) is 36.5 Å². The highest BCUT2D eigenvalue weighted by atomic mass is 19.4. The Morgan fingerprint density at radius 1 is 1.32 bits per heavy atom. The van der Waals surface area contributed by atoms with E-state index in [1.807, 2.05) is 0 Å². The summed E-state index contributed by atoms with van der Waals surface area (Å²) in [6, 6.07) is 4.04. The summed E-state index contributed by atoms with van der Waals surface area (Å²) >= 11 is 0. The highest BCUT2D eigenvalue weighted by Crippen LogP contribution is 2.30. The Labute approximate surface area is 126 Å². The molecule has 2 amide bonds. The largest absolute Gasteiger partial charge is 0.416 e. The molecule has 1 aromatic rings. The lowest BCUT2D eigenvalue weighted by Gasteiger charge is -2.25. The summed E-state index contributed by atoms with van der Waals surface area (Å²) in [5.74, 6) is 0.513. The van der Waals surface area contributed by atoms with E-state index in [4.69, 9.17) is 0 Å². The van der Waals surface area contributed by atoms with Gasteiger partial charge in [-0.1, -0.05) is 18.6 Å². The van der Waals surface area contributed by atoms with Gasteiger partial charge in [0.2, 0.25) is 0 Å². The first-order chi connectivity index (χ1) is 10.4. The van der Waals surface area contributed by atoms with Gasteiger partial charge in [-0.25, -0.2) is 4.79 Å². The van der Waals surface area contributed by atoms with Crippen molar-refractivity contribution >= 4 is 6.03 Å². The van der Waals surface area contributed by atoms with Crippen LogP contribution in [0, 0.1) is 5.92 Å². The van der Waals surface area contributed by atoms with E-state index in [1.54, 1.807) is 0 Å². The third-order valence-electron chi connectivity index (χ3n) is 3.83. The summed E-state index contributed by atoms with van der Waals surface area (Å²) in [4.78, 5) is 11.5. The molecular weight excluding hydrogens is 297 g/mol. The average molecular weight is 316 g/mol. The van der Waals surface area contributed by atoms with Gasteiger partial charge in [0.1, 0.15) is 0 Å². The van der Waals surface area contributed by atoms with Crippen molar-refractivity contribution in [1.82, 2.24) is 10.6 Å². The monoisotopic (exact) mass is 316 g/mol. The van der Waals surface area contributed by atoms with Gasteiger partial charge in [0.25, 0.3) is 0 Å². The molecule has 0 heterocycles. The first kappa shape index (κ1) is 16.6. The van der Waals surface area contributed by atoms with Crippen molar-refractivity contribution < 1.29 is 23.1 Å². The van der Waals surface area contributed by atoms with Gasteiger partial charge in [0, 0.05) is 13.1 Å². The van der Waals surface area contributed by atoms with E-state index in [1.165, 1.54) is 18.6 Å². The molecule has 1 aliphatic rings. The number of aliphatic hydroxyl groups is 1. The number of hydrogen-bond donors (Lipinski definition) is 3. The van der Waals surface area contributed by atoms with E-state index in [0.29, 0.717) is 12.5 Å². The maximum Gasteiger partial charge on any atom is 0.416 e.